The SMILES string of the molecule is O=C(c1ccc(N2C(=O)c3cccnc3C2=O)cc1)N(CCO)c1ccccc1. The van der Waals surface area contributed by atoms with Gasteiger partial charge in [0.1, 0.15) is 5.69 Å². The molecule has 0 radical (unpaired) electrons. The standard InChI is InChI=1S/C22H17N3O4/c26-14-13-24(16-5-2-1-3-6-16)20(27)15-8-10-17(11-9-15)25-21(28)18-7-4-12-23-19(18)22(25)29/h1-12,26H,13-14H2. The number of imide groups is 1. The molecule has 1 aliphatic heterocycles. The van der Waals surface area contributed by atoms with Crippen LogP contribution < -0.4 is 9.80 Å². The van der Waals surface area contributed by atoms with Crippen LogP contribution in [0, 0.1) is 0 Å². The zero-order valence-electron chi connectivity index (χ0n) is 15.4. The fraction of sp³-hybridized carbons (Fsp3) is 0.0909. The lowest BCUT2D eigenvalue weighted by Gasteiger charge is -2.22. The molecule has 7 nitrogen and oxygen atoms in total. The van der Waals surface area contributed by atoms with Gasteiger partial charge >= 0.3 is 0 Å². The zero-order chi connectivity index (χ0) is 20.4. The lowest BCUT2D eigenvalue weighted by molar-refractivity contribution is 0.0923. The molecule has 3 aromatic rings. The Balaban J connectivity index is 1.60. The normalized spacial score (nSPS) is 12.8. The van der Waals surface area contributed by atoms with E-state index in [0.717, 1.165) is 4.90 Å². The van der Waals surface area contributed by atoms with Crippen molar-refractivity contribution < 1.29 is 19.5 Å². The largest absolute Gasteiger partial charge is 0.395 e. The van der Waals surface area contributed by atoms with Crippen molar-refractivity contribution in [3.63, 3.8) is 0 Å². The van der Waals surface area contributed by atoms with Crippen LogP contribution in [0.1, 0.15) is 31.2 Å². The van der Waals surface area contributed by atoms with Crippen molar-refractivity contribution in [2.45, 2.75) is 0 Å². The first-order chi connectivity index (χ1) is 14.1. The van der Waals surface area contributed by atoms with E-state index in [1.54, 1.807) is 48.5 Å². The molecule has 7 heteroatoms. The first-order valence-corrected chi connectivity index (χ1v) is 9.03. The summed E-state index contributed by atoms with van der Waals surface area (Å²) in [6.45, 7) is -0.0323. The maximum Gasteiger partial charge on any atom is 0.284 e. The molecular formula is C22H17N3O4. The quantitative estimate of drug-likeness (QED) is 0.680. The average Bonchev–Trinajstić information content (AvgIpc) is 3.03. The van der Waals surface area contributed by atoms with Gasteiger partial charge in [-0.15, -0.1) is 0 Å². The molecule has 0 unspecified atom stereocenters. The van der Waals surface area contributed by atoms with Crippen LogP contribution in [0.5, 0.6) is 0 Å². The Kier molecular flexibility index (Phi) is 4.88. The Morgan fingerprint density at radius 3 is 2.31 bits per heavy atom. The molecule has 0 bridgehead atoms. The predicted molar refractivity (Wildman–Crippen MR) is 107 cm³/mol. The van der Waals surface area contributed by atoms with Crippen LogP contribution in [0.25, 0.3) is 0 Å². The number of fused-ring (bicyclic) bond motifs is 1. The summed E-state index contributed by atoms with van der Waals surface area (Å²) in [6.07, 6.45) is 1.47. The molecule has 1 aromatic heterocycles. The summed E-state index contributed by atoms with van der Waals surface area (Å²) in [5.74, 6) is -1.22. The lowest BCUT2D eigenvalue weighted by atomic mass is 10.1. The number of rotatable bonds is 5. The van der Waals surface area contributed by atoms with E-state index in [4.69, 9.17) is 0 Å². The molecule has 0 spiro atoms. The third-order valence-corrected chi connectivity index (χ3v) is 4.66. The minimum absolute atomic E-state index is 0.121. The maximum atomic E-state index is 12.9. The number of aromatic nitrogens is 1. The average molecular weight is 387 g/mol. The summed E-state index contributed by atoms with van der Waals surface area (Å²) in [7, 11) is 0. The second kappa shape index (κ2) is 7.65. The number of hydrogen-bond donors (Lipinski definition) is 1. The van der Waals surface area contributed by atoms with E-state index >= 15 is 0 Å². The van der Waals surface area contributed by atoms with E-state index in [0.29, 0.717) is 16.9 Å². The molecule has 144 valence electrons. The Labute approximate surface area is 166 Å². The minimum Gasteiger partial charge on any atom is -0.395 e. The second-order valence-electron chi connectivity index (χ2n) is 6.41. The molecule has 4 rings (SSSR count). The lowest BCUT2D eigenvalue weighted by Crippen LogP contribution is -2.33. The number of anilines is 2. The molecule has 1 aliphatic rings. The third-order valence-electron chi connectivity index (χ3n) is 4.66. The summed E-state index contributed by atoms with van der Waals surface area (Å²) in [6, 6.07) is 18.4. The van der Waals surface area contributed by atoms with E-state index in [1.807, 2.05) is 18.2 Å². The van der Waals surface area contributed by atoms with Crippen LogP contribution in [0.15, 0.2) is 72.9 Å². The second-order valence-corrected chi connectivity index (χ2v) is 6.41. The maximum absolute atomic E-state index is 12.9. The number of para-hydroxylation sites is 1. The molecule has 1 N–H and O–H groups in total. The fourth-order valence-corrected chi connectivity index (χ4v) is 3.27. The number of nitrogens with zero attached hydrogens (tertiary/aromatic N) is 3. The van der Waals surface area contributed by atoms with Crippen molar-refractivity contribution in [1.29, 1.82) is 0 Å². The molecule has 0 saturated heterocycles. The van der Waals surface area contributed by atoms with Gasteiger partial charge in [0, 0.05) is 24.0 Å². The molecule has 0 atom stereocenters. The summed E-state index contributed by atoms with van der Waals surface area (Å²) < 4.78 is 0. The first-order valence-electron chi connectivity index (χ1n) is 9.03. The minimum atomic E-state index is -0.490. The molecular weight excluding hydrogens is 370 g/mol. The van der Waals surface area contributed by atoms with Crippen LogP contribution in [-0.2, 0) is 0 Å². The van der Waals surface area contributed by atoms with E-state index < -0.39 is 11.8 Å². The van der Waals surface area contributed by atoms with E-state index in [9.17, 15) is 19.5 Å². The molecule has 0 saturated carbocycles. The van der Waals surface area contributed by atoms with Crippen LogP contribution in [0.2, 0.25) is 0 Å². The van der Waals surface area contributed by atoms with Gasteiger partial charge in [0.15, 0.2) is 0 Å². The highest BCUT2D eigenvalue weighted by Gasteiger charge is 2.37. The summed E-state index contributed by atoms with van der Waals surface area (Å²) in [5, 5.41) is 9.34. The molecule has 0 fully saturated rings. The molecule has 2 aromatic carbocycles. The highest BCUT2D eigenvalue weighted by molar-refractivity contribution is 6.33. The van der Waals surface area contributed by atoms with Gasteiger partial charge in [-0.05, 0) is 48.5 Å². The Morgan fingerprint density at radius 2 is 1.66 bits per heavy atom. The number of aliphatic hydroxyl groups is 1. The van der Waals surface area contributed by atoms with Gasteiger partial charge in [-0.2, -0.15) is 0 Å². The Bertz CT molecular complexity index is 1050. The fourth-order valence-electron chi connectivity index (χ4n) is 3.27. The van der Waals surface area contributed by atoms with Gasteiger partial charge in [-0.25, -0.2) is 4.90 Å². The van der Waals surface area contributed by atoms with Gasteiger partial charge in [0.2, 0.25) is 0 Å². The number of hydrogen-bond acceptors (Lipinski definition) is 5. The highest BCUT2D eigenvalue weighted by atomic mass is 16.3. The number of amides is 3. The predicted octanol–water partition coefficient (Wildman–Crippen LogP) is 2.52. The van der Waals surface area contributed by atoms with Gasteiger partial charge in [-0.3, -0.25) is 19.4 Å². The van der Waals surface area contributed by atoms with Gasteiger partial charge in [0.05, 0.1) is 17.9 Å². The third kappa shape index (κ3) is 3.28. The van der Waals surface area contributed by atoms with Crippen molar-refractivity contribution in [2.75, 3.05) is 23.0 Å². The van der Waals surface area contributed by atoms with Crippen molar-refractivity contribution in [2.24, 2.45) is 0 Å². The number of benzene rings is 2. The Morgan fingerprint density at radius 1 is 0.931 bits per heavy atom. The molecule has 3 amide bonds. The van der Waals surface area contributed by atoms with Crippen molar-refractivity contribution in [1.82, 2.24) is 4.98 Å². The van der Waals surface area contributed by atoms with Gasteiger partial charge < -0.3 is 10.0 Å². The zero-order valence-corrected chi connectivity index (χ0v) is 15.4. The van der Waals surface area contributed by atoms with Crippen LogP contribution >= 0.6 is 0 Å². The van der Waals surface area contributed by atoms with Crippen molar-refractivity contribution in [3.8, 4) is 0 Å². The molecule has 0 aliphatic carbocycles. The summed E-state index contributed by atoms with van der Waals surface area (Å²) in [5.41, 5.74) is 1.79. The number of carbonyl (C=O) groups excluding carboxylic acids is 3. The van der Waals surface area contributed by atoms with E-state index in [1.165, 1.54) is 11.1 Å². The van der Waals surface area contributed by atoms with Crippen molar-refractivity contribution >= 4 is 29.1 Å². The summed E-state index contributed by atoms with van der Waals surface area (Å²) in [4.78, 5) is 44.6. The van der Waals surface area contributed by atoms with Gasteiger partial charge in [-0.1, -0.05) is 18.2 Å². The van der Waals surface area contributed by atoms with E-state index in [-0.39, 0.29) is 30.3 Å². The van der Waals surface area contributed by atoms with Gasteiger partial charge in [0.25, 0.3) is 17.7 Å². The van der Waals surface area contributed by atoms with E-state index in [2.05, 4.69) is 4.98 Å². The number of carbonyl (C=O) groups is 3. The summed E-state index contributed by atoms with van der Waals surface area (Å²) >= 11 is 0. The van der Waals surface area contributed by atoms with Crippen molar-refractivity contribution in [3.05, 3.63) is 89.7 Å². The molecule has 29 heavy (non-hydrogen) atoms. The number of pyridine rings is 1. The first kappa shape index (κ1) is 18.5. The van der Waals surface area contributed by atoms with Crippen LogP contribution in [0.3, 0.4) is 0 Å². The van der Waals surface area contributed by atoms with Crippen LogP contribution in [0.4, 0.5) is 11.4 Å². The number of aliphatic hydroxyl groups excluding tert-OH is 1. The highest BCUT2D eigenvalue weighted by Crippen LogP contribution is 2.27. The Hall–Kier alpha value is -3.84. The van der Waals surface area contributed by atoms with Crippen LogP contribution in [-0.4, -0.2) is 41.0 Å². The smallest absolute Gasteiger partial charge is 0.284 e. The molecule has 2 heterocycles. The topological polar surface area (TPSA) is 90.8 Å². The monoisotopic (exact) mass is 387 g/mol.